The largest absolute Gasteiger partial charge is 0.343 e. The zero-order valence-corrected chi connectivity index (χ0v) is 29.2. The van der Waals surface area contributed by atoms with Gasteiger partial charge in [0.1, 0.15) is 30.2 Å². The van der Waals surface area contributed by atoms with Crippen molar-refractivity contribution < 1.29 is 28.8 Å². The first-order valence-electron chi connectivity index (χ1n) is 17.0. The Morgan fingerprint density at radius 2 is 1.47 bits per heavy atom. The van der Waals surface area contributed by atoms with Gasteiger partial charge in [0.2, 0.25) is 29.5 Å². The zero-order valence-electron chi connectivity index (χ0n) is 29.2. The lowest BCUT2D eigenvalue weighted by atomic mass is 9.96. The molecule has 1 fully saturated rings. The number of likely N-dealkylation sites (N-methyl/N-ethyl adjacent to an activating group) is 1. The molecule has 0 aromatic heterocycles. The van der Waals surface area contributed by atoms with E-state index in [0.717, 1.165) is 6.42 Å². The summed E-state index contributed by atoms with van der Waals surface area (Å²) in [4.78, 5) is 85.8. The molecule has 0 aliphatic carbocycles. The van der Waals surface area contributed by atoms with Gasteiger partial charge in [-0.2, -0.15) is 0 Å². The van der Waals surface area contributed by atoms with Crippen LogP contribution in [0, 0.1) is 17.8 Å². The van der Waals surface area contributed by atoms with Gasteiger partial charge in [-0.1, -0.05) is 60.1 Å². The second-order valence-corrected chi connectivity index (χ2v) is 13.9. The number of fused-ring (bicyclic) bond motifs is 2. The van der Waals surface area contributed by atoms with Gasteiger partial charge >= 0.3 is 0 Å². The molecule has 3 rings (SSSR count). The molecule has 260 valence electrons. The molecular formula is C35H54N6O6. The second kappa shape index (κ2) is 16.7. The van der Waals surface area contributed by atoms with Crippen LogP contribution in [0.2, 0.25) is 0 Å². The quantitative estimate of drug-likeness (QED) is 0.369. The van der Waals surface area contributed by atoms with Crippen molar-refractivity contribution in [3.05, 3.63) is 29.8 Å². The summed E-state index contributed by atoms with van der Waals surface area (Å²) >= 11 is 0. The molecule has 0 saturated carbocycles. The summed E-state index contributed by atoms with van der Waals surface area (Å²) in [6.45, 7) is 13.4. The average Bonchev–Trinajstić information content (AvgIpc) is 3.03. The maximum atomic E-state index is 14.1. The van der Waals surface area contributed by atoms with Crippen LogP contribution >= 0.6 is 0 Å². The van der Waals surface area contributed by atoms with Crippen LogP contribution in [0.4, 0.5) is 5.69 Å². The summed E-state index contributed by atoms with van der Waals surface area (Å²) in [7, 11) is 1.56. The van der Waals surface area contributed by atoms with E-state index in [1.54, 1.807) is 31.3 Å². The van der Waals surface area contributed by atoms with Crippen molar-refractivity contribution in [2.24, 2.45) is 17.8 Å². The Morgan fingerprint density at radius 1 is 0.809 bits per heavy atom. The maximum Gasteiger partial charge on any atom is 0.256 e. The Morgan fingerprint density at radius 3 is 2.11 bits per heavy atom. The number of amides is 6. The van der Waals surface area contributed by atoms with Gasteiger partial charge in [0.05, 0.1) is 11.3 Å². The summed E-state index contributed by atoms with van der Waals surface area (Å²) in [5.41, 5.74) is 0.497. The number of hydrogen-bond acceptors (Lipinski definition) is 6. The summed E-state index contributed by atoms with van der Waals surface area (Å²) in [6.07, 6.45) is 3.08. The van der Waals surface area contributed by atoms with Crippen LogP contribution in [-0.4, -0.2) is 89.0 Å². The van der Waals surface area contributed by atoms with Crippen LogP contribution in [0.3, 0.4) is 0 Å². The molecule has 12 nitrogen and oxygen atoms in total. The van der Waals surface area contributed by atoms with E-state index >= 15 is 0 Å². The number of rotatable bonds is 6. The minimum atomic E-state index is -1.01. The van der Waals surface area contributed by atoms with Crippen molar-refractivity contribution >= 4 is 41.1 Å². The highest BCUT2D eigenvalue weighted by molar-refractivity contribution is 6.07. The van der Waals surface area contributed by atoms with Gasteiger partial charge in [0.25, 0.3) is 5.91 Å². The van der Waals surface area contributed by atoms with Crippen LogP contribution < -0.4 is 21.3 Å². The van der Waals surface area contributed by atoms with Crippen molar-refractivity contribution in [2.45, 2.75) is 117 Å². The molecule has 6 atom stereocenters. The predicted octanol–water partition coefficient (Wildman–Crippen LogP) is 3.07. The van der Waals surface area contributed by atoms with Gasteiger partial charge in [-0.15, -0.1) is 0 Å². The molecule has 47 heavy (non-hydrogen) atoms. The topological polar surface area (TPSA) is 157 Å². The molecule has 4 N–H and O–H groups in total. The number of carbonyl (C=O) groups excluding carboxylic acids is 6. The summed E-state index contributed by atoms with van der Waals surface area (Å²) < 4.78 is 0. The third-order valence-electron chi connectivity index (χ3n) is 9.16. The van der Waals surface area contributed by atoms with Crippen molar-refractivity contribution in [1.29, 1.82) is 0 Å². The molecule has 2 aliphatic rings. The normalized spacial score (nSPS) is 26.3. The smallest absolute Gasteiger partial charge is 0.256 e. The summed E-state index contributed by atoms with van der Waals surface area (Å²) in [5.74, 6) is -3.04. The minimum absolute atomic E-state index is 0.0277. The number of piperidine rings is 1. The third-order valence-corrected chi connectivity index (χ3v) is 9.16. The molecule has 1 saturated heterocycles. The Hall–Kier alpha value is -3.96. The van der Waals surface area contributed by atoms with Gasteiger partial charge in [-0.3, -0.25) is 28.8 Å². The number of anilines is 1. The van der Waals surface area contributed by atoms with Gasteiger partial charge in [-0.25, -0.2) is 0 Å². The Kier molecular flexibility index (Phi) is 13.4. The summed E-state index contributed by atoms with van der Waals surface area (Å²) in [6, 6.07) is 2.00. The third kappa shape index (κ3) is 9.54. The predicted molar refractivity (Wildman–Crippen MR) is 180 cm³/mol. The number of benzene rings is 1. The van der Waals surface area contributed by atoms with E-state index in [-0.39, 0.29) is 34.9 Å². The van der Waals surface area contributed by atoms with Crippen molar-refractivity contribution in [3.63, 3.8) is 0 Å². The molecule has 0 spiro atoms. The number of nitrogens with one attached hydrogen (secondary N) is 4. The lowest BCUT2D eigenvalue weighted by Crippen LogP contribution is -2.59. The van der Waals surface area contributed by atoms with Gasteiger partial charge in [0.15, 0.2) is 0 Å². The van der Waals surface area contributed by atoms with E-state index in [2.05, 4.69) is 21.3 Å². The molecule has 2 heterocycles. The number of para-hydroxylation sites is 1. The van der Waals surface area contributed by atoms with Crippen LogP contribution in [0.15, 0.2) is 24.3 Å². The van der Waals surface area contributed by atoms with Crippen LogP contribution in [0.25, 0.3) is 0 Å². The minimum Gasteiger partial charge on any atom is -0.343 e. The van der Waals surface area contributed by atoms with E-state index in [0.29, 0.717) is 38.6 Å². The first kappa shape index (κ1) is 37.5. The Labute approximate surface area is 279 Å². The molecule has 2 aliphatic heterocycles. The zero-order chi connectivity index (χ0) is 35.0. The Balaban J connectivity index is 2.13. The molecule has 12 heteroatoms. The van der Waals surface area contributed by atoms with Gasteiger partial charge < -0.3 is 31.1 Å². The molecule has 6 amide bonds. The molecular weight excluding hydrogens is 600 g/mol. The molecule has 0 unspecified atom stereocenters. The monoisotopic (exact) mass is 654 g/mol. The van der Waals surface area contributed by atoms with Crippen molar-refractivity contribution in [2.75, 3.05) is 18.9 Å². The summed E-state index contributed by atoms with van der Waals surface area (Å²) in [5, 5.41) is 11.3. The lowest BCUT2D eigenvalue weighted by Gasteiger charge is -2.39. The molecule has 0 radical (unpaired) electrons. The van der Waals surface area contributed by atoms with E-state index in [9.17, 15) is 28.8 Å². The number of nitrogens with zero attached hydrogens (tertiary/aromatic N) is 2. The first-order chi connectivity index (χ1) is 22.2. The highest BCUT2D eigenvalue weighted by Crippen LogP contribution is 2.26. The second-order valence-electron chi connectivity index (χ2n) is 13.9. The fourth-order valence-corrected chi connectivity index (χ4v) is 6.18. The molecule has 0 bridgehead atoms. The molecule has 1 aromatic rings. The van der Waals surface area contributed by atoms with Gasteiger partial charge in [0, 0.05) is 13.6 Å². The van der Waals surface area contributed by atoms with Crippen LogP contribution in [-0.2, 0) is 24.0 Å². The van der Waals surface area contributed by atoms with E-state index in [1.807, 2.05) is 41.5 Å². The number of hydrogen-bond donors (Lipinski definition) is 4. The Bertz CT molecular complexity index is 1310. The van der Waals surface area contributed by atoms with E-state index < -0.39 is 59.7 Å². The fraction of sp³-hybridized carbons (Fsp3) is 0.657. The van der Waals surface area contributed by atoms with Gasteiger partial charge in [-0.05, 0) is 68.9 Å². The van der Waals surface area contributed by atoms with E-state index in [4.69, 9.17) is 0 Å². The number of carbonyl (C=O) groups is 6. The van der Waals surface area contributed by atoms with Crippen LogP contribution in [0.5, 0.6) is 0 Å². The SMILES string of the molecule is CC[C@H](C)[C@H]1NC(=O)[C@H](CC(C)C)NC(=O)[C@@H](C)NC(=O)[C@H](CC(C)C)N(C)C(=O)[C@@H]2CCCCN2C(=O)c2ccccc2NC1=O. The lowest BCUT2D eigenvalue weighted by molar-refractivity contribution is -0.144. The highest BCUT2D eigenvalue weighted by Gasteiger charge is 2.40. The maximum absolute atomic E-state index is 14.1. The van der Waals surface area contributed by atoms with Crippen molar-refractivity contribution in [1.82, 2.24) is 25.8 Å². The van der Waals surface area contributed by atoms with E-state index in [1.165, 1.54) is 16.7 Å². The fourth-order valence-electron chi connectivity index (χ4n) is 6.18. The molecule has 1 aromatic carbocycles. The average molecular weight is 655 g/mol. The van der Waals surface area contributed by atoms with Crippen LogP contribution in [0.1, 0.15) is 97.3 Å². The highest BCUT2D eigenvalue weighted by atomic mass is 16.2. The first-order valence-corrected chi connectivity index (χ1v) is 17.0. The standard InChI is InChI=1S/C35H54N6O6/c1-9-22(6)29-33(45)37-25-15-11-10-14-24(25)34(46)41-17-13-12-16-27(41)35(47)40(8)28(19-21(4)5)32(44)36-23(7)30(42)38-26(18-20(2)3)31(43)39-29/h10-11,14-15,20-23,26-29H,9,12-13,16-19H2,1-8H3,(H,36,44)(H,37,45)(H,38,42)(H,39,43)/t22-,23+,26-,27-,28-,29+/m0/s1. The van der Waals surface area contributed by atoms with Crippen molar-refractivity contribution in [3.8, 4) is 0 Å².